The van der Waals surface area contributed by atoms with E-state index in [0.29, 0.717) is 34.9 Å². The normalized spacial score (nSPS) is 10.5. The summed E-state index contributed by atoms with van der Waals surface area (Å²) in [7, 11) is 0. The number of hydrogen-bond donors (Lipinski definition) is 2. The number of nitrogen functional groups attached to an aromatic ring is 1. The number of anilines is 1. The Morgan fingerprint density at radius 3 is 2.78 bits per heavy atom. The van der Waals surface area contributed by atoms with E-state index in [4.69, 9.17) is 16.0 Å². The predicted molar refractivity (Wildman–Crippen MR) is 86.2 cm³/mol. The summed E-state index contributed by atoms with van der Waals surface area (Å²) in [5, 5.41) is 3.52. The van der Waals surface area contributed by atoms with E-state index in [9.17, 15) is 0 Å². The predicted octanol–water partition coefficient (Wildman–Crippen LogP) is 2.51. The number of nitrogens with one attached hydrogen (secondary N) is 2. The number of ether oxygens (including phenoxy) is 1. The van der Waals surface area contributed by atoms with Crippen LogP contribution in [-0.2, 0) is 13.2 Å². The zero-order valence-electron chi connectivity index (χ0n) is 11.8. The van der Waals surface area contributed by atoms with Crippen molar-refractivity contribution in [2.24, 2.45) is 5.11 Å². The SMILES string of the molecule is [N-]=[N+]=NCc1ccc(COc2[nH+]c(N)nc3nc(Br)[nH]c23)cc1. The summed E-state index contributed by atoms with van der Waals surface area (Å²) in [5.41, 5.74) is 17.0. The Labute approximate surface area is 138 Å². The van der Waals surface area contributed by atoms with Gasteiger partial charge in [0, 0.05) is 4.91 Å². The molecule has 1 aromatic carbocycles. The van der Waals surface area contributed by atoms with Crippen molar-refractivity contribution in [1.82, 2.24) is 15.0 Å². The molecule has 3 rings (SSSR count). The number of imidazole rings is 1. The van der Waals surface area contributed by atoms with Crippen LogP contribution in [0.3, 0.4) is 0 Å². The topological polar surface area (TPSA) is 140 Å². The van der Waals surface area contributed by atoms with Crippen LogP contribution in [0.5, 0.6) is 5.88 Å². The van der Waals surface area contributed by atoms with Gasteiger partial charge in [-0.15, -0.1) is 0 Å². The summed E-state index contributed by atoms with van der Waals surface area (Å²) >= 11 is 3.26. The molecule has 23 heavy (non-hydrogen) atoms. The highest BCUT2D eigenvalue weighted by Gasteiger charge is 2.16. The fourth-order valence-electron chi connectivity index (χ4n) is 2.01. The van der Waals surface area contributed by atoms with Crippen molar-refractivity contribution < 1.29 is 9.72 Å². The number of H-pyrrole nitrogens is 2. The standard InChI is InChI=1S/C13H11BrN8O/c14-12-18-9-10(19-12)20-13(15)21-11(9)23-6-8-3-1-7(2-4-8)5-17-22-16/h1-4H,5-6H2,(H3,15,18,19,20,21)/p+1. The average molecular weight is 376 g/mol. The van der Waals surface area contributed by atoms with Gasteiger partial charge in [0.2, 0.25) is 0 Å². The number of halogens is 1. The second-order valence-electron chi connectivity index (χ2n) is 4.67. The Morgan fingerprint density at radius 2 is 2.04 bits per heavy atom. The third kappa shape index (κ3) is 3.50. The van der Waals surface area contributed by atoms with Crippen LogP contribution in [0.2, 0.25) is 0 Å². The monoisotopic (exact) mass is 375 g/mol. The van der Waals surface area contributed by atoms with Gasteiger partial charge in [-0.3, -0.25) is 5.73 Å². The minimum atomic E-state index is 0.219. The van der Waals surface area contributed by atoms with Gasteiger partial charge in [-0.05, 0) is 37.6 Å². The number of rotatable bonds is 5. The summed E-state index contributed by atoms with van der Waals surface area (Å²) < 4.78 is 6.32. The second kappa shape index (κ2) is 6.51. The van der Waals surface area contributed by atoms with Crippen LogP contribution in [0, 0.1) is 0 Å². The van der Waals surface area contributed by atoms with Gasteiger partial charge in [0.25, 0.3) is 11.5 Å². The van der Waals surface area contributed by atoms with Crippen LogP contribution in [0.1, 0.15) is 11.1 Å². The van der Waals surface area contributed by atoms with Crippen LogP contribution >= 0.6 is 15.9 Å². The molecule has 2 aromatic heterocycles. The summed E-state index contributed by atoms with van der Waals surface area (Å²) in [6, 6.07) is 7.60. The fourth-order valence-corrected chi connectivity index (χ4v) is 2.38. The molecule has 2 heterocycles. The van der Waals surface area contributed by atoms with Gasteiger partial charge in [-0.2, -0.15) is 4.98 Å². The van der Waals surface area contributed by atoms with Gasteiger partial charge in [-0.25, -0.2) is 4.98 Å². The largest absolute Gasteiger partial charge is 0.461 e. The lowest BCUT2D eigenvalue weighted by atomic mass is 10.1. The molecule has 0 radical (unpaired) electrons. The van der Waals surface area contributed by atoms with E-state index in [1.807, 2.05) is 24.3 Å². The molecule has 0 spiro atoms. The number of fused-ring (bicyclic) bond motifs is 1. The van der Waals surface area contributed by atoms with Crippen molar-refractivity contribution in [2.45, 2.75) is 13.2 Å². The zero-order chi connectivity index (χ0) is 16.2. The molecule has 0 amide bonds. The van der Waals surface area contributed by atoms with Crippen molar-refractivity contribution in [3.63, 3.8) is 0 Å². The van der Waals surface area contributed by atoms with Crippen LogP contribution in [0.15, 0.2) is 34.1 Å². The van der Waals surface area contributed by atoms with E-state index in [-0.39, 0.29) is 5.95 Å². The number of nitrogens with zero attached hydrogens (tertiary/aromatic N) is 5. The molecular weight excluding hydrogens is 364 g/mol. The van der Waals surface area contributed by atoms with Crippen LogP contribution in [-0.4, -0.2) is 15.0 Å². The Hall–Kier alpha value is -2.84. The number of aromatic nitrogens is 4. The highest BCUT2D eigenvalue weighted by atomic mass is 79.9. The Balaban J connectivity index is 1.76. The minimum absolute atomic E-state index is 0.219. The molecule has 0 unspecified atom stereocenters. The first-order valence-corrected chi connectivity index (χ1v) is 7.40. The van der Waals surface area contributed by atoms with Gasteiger partial charge in [-0.1, -0.05) is 29.4 Å². The molecule has 10 heteroatoms. The smallest absolute Gasteiger partial charge is 0.392 e. The molecule has 0 fully saturated rings. The van der Waals surface area contributed by atoms with Crippen LogP contribution in [0.4, 0.5) is 5.95 Å². The quantitative estimate of drug-likeness (QED) is 0.305. The third-order valence-electron chi connectivity index (χ3n) is 3.07. The number of azide groups is 1. The number of aromatic amines is 2. The molecule has 116 valence electrons. The maximum atomic E-state index is 8.31. The first-order valence-electron chi connectivity index (χ1n) is 6.61. The molecule has 0 saturated heterocycles. The Kier molecular flexibility index (Phi) is 4.26. The van der Waals surface area contributed by atoms with Crippen molar-refractivity contribution in [1.29, 1.82) is 0 Å². The molecule has 0 atom stereocenters. The average Bonchev–Trinajstić information content (AvgIpc) is 2.91. The van der Waals surface area contributed by atoms with Gasteiger partial charge >= 0.3 is 5.95 Å². The van der Waals surface area contributed by atoms with Gasteiger partial charge in [0.15, 0.2) is 10.3 Å². The molecule has 0 aliphatic rings. The maximum absolute atomic E-state index is 8.31. The van der Waals surface area contributed by atoms with Crippen LogP contribution < -0.4 is 15.5 Å². The van der Waals surface area contributed by atoms with E-state index < -0.39 is 0 Å². The van der Waals surface area contributed by atoms with Crippen molar-refractivity contribution in [2.75, 3.05) is 5.73 Å². The van der Waals surface area contributed by atoms with E-state index >= 15 is 0 Å². The summed E-state index contributed by atoms with van der Waals surface area (Å²) in [5.74, 6) is 0.681. The van der Waals surface area contributed by atoms with Gasteiger partial charge in [0.1, 0.15) is 6.61 Å². The van der Waals surface area contributed by atoms with E-state index in [1.165, 1.54) is 0 Å². The minimum Gasteiger partial charge on any atom is -0.461 e. The third-order valence-corrected chi connectivity index (χ3v) is 3.45. The highest BCUT2D eigenvalue weighted by molar-refractivity contribution is 9.10. The van der Waals surface area contributed by atoms with Crippen molar-refractivity contribution in [3.05, 3.63) is 50.6 Å². The first kappa shape index (κ1) is 15.1. The Bertz CT molecular complexity index is 885. The summed E-state index contributed by atoms with van der Waals surface area (Å²) in [4.78, 5) is 16.9. The number of benzene rings is 1. The number of nitrogens with two attached hydrogens (primary N) is 1. The van der Waals surface area contributed by atoms with Gasteiger partial charge < -0.3 is 9.72 Å². The number of hydrogen-bond acceptors (Lipinski definition) is 5. The zero-order valence-corrected chi connectivity index (χ0v) is 13.4. The highest BCUT2D eigenvalue weighted by Crippen LogP contribution is 2.21. The molecule has 0 aliphatic carbocycles. The molecule has 0 bridgehead atoms. The molecule has 3 aromatic rings. The Morgan fingerprint density at radius 1 is 1.30 bits per heavy atom. The lowest BCUT2D eigenvalue weighted by Crippen LogP contribution is -2.17. The fraction of sp³-hybridized carbons (Fsp3) is 0.154. The molecule has 4 N–H and O–H groups in total. The summed E-state index contributed by atoms with van der Waals surface area (Å²) in [6.07, 6.45) is 0. The van der Waals surface area contributed by atoms with Gasteiger partial charge in [0.05, 0.1) is 6.54 Å². The maximum Gasteiger partial charge on any atom is 0.392 e. The van der Waals surface area contributed by atoms with E-state index in [2.05, 4.69) is 45.9 Å². The molecule has 0 aliphatic heterocycles. The molecular formula is C13H12BrN8O+. The first-order chi connectivity index (χ1) is 11.2. The molecule has 9 nitrogen and oxygen atoms in total. The van der Waals surface area contributed by atoms with E-state index in [1.54, 1.807) is 0 Å². The van der Waals surface area contributed by atoms with E-state index in [0.717, 1.165) is 11.1 Å². The lowest BCUT2D eigenvalue weighted by Gasteiger charge is -2.05. The molecule has 0 saturated carbocycles. The lowest BCUT2D eigenvalue weighted by molar-refractivity contribution is -0.380. The van der Waals surface area contributed by atoms with Crippen molar-refractivity contribution in [3.8, 4) is 5.88 Å². The van der Waals surface area contributed by atoms with Crippen LogP contribution in [0.25, 0.3) is 21.6 Å². The van der Waals surface area contributed by atoms with Crippen molar-refractivity contribution >= 4 is 33.0 Å². The summed E-state index contributed by atoms with van der Waals surface area (Å²) in [6.45, 7) is 0.669. The second-order valence-corrected chi connectivity index (χ2v) is 5.42.